The zero-order chi connectivity index (χ0) is 17.6. The van der Waals surface area contributed by atoms with Crippen LogP contribution in [0.25, 0.3) is 0 Å². The SMILES string of the molecule is CC(CC(=O)NS(=O)(=O)c1ccccc1)NC(=O)c1ccccc1. The van der Waals surface area contributed by atoms with Gasteiger partial charge >= 0.3 is 0 Å². The first-order chi connectivity index (χ1) is 11.4. The van der Waals surface area contributed by atoms with Crippen LogP contribution in [0.15, 0.2) is 65.6 Å². The highest BCUT2D eigenvalue weighted by atomic mass is 32.2. The van der Waals surface area contributed by atoms with E-state index in [1.54, 1.807) is 55.5 Å². The van der Waals surface area contributed by atoms with Crippen LogP contribution in [0.3, 0.4) is 0 Å². The lowest BCUT2D eigenvalue weighted by Crippen LogP contribution is -2.39. The number of carbonyl (C=O) groups is 2. The van der Waals surface area contributed by atoms with E-state index < -0.39 is 22.0 Å². The summed E-state index contributed by atoms with van der Waals surface area (Å²) in [4.78, 5) is 23.9. The predicted octanol–water partition coefficient (Wildman–Crippen LogP) is 1.70. The van der Waals surface area contributed by atoms with Gasteiger partial charge in [-0.1, -0.05) is 36.4 Å². The minimum absolute atomic E-state index is 0.0133. The van der Waals surface area contributed by atoms with Gasteiger partial charge in [-0.05, 0) is 31.2 Å². The summed E-state index contributed by atoms with van der Waals surface area (Å²) in [5, 5.41) is 2.66. The molecule has 2 aromatic rings. The number of rotatable bonds is 6. The van der Waals surface area contributed by atoms with Gasteiger partial charge in [0.1, 0.15) is 0 Å². The van der Waals surface area contributed by atoms with Gasteiger partial charge < -0.3 is 5.32 Å². The molecule has 2 rings (SSSR count). The van der Waals surface area contributed by atoms with Gasteiger partial charge in [0.15, 0.2) is 0 Å². The molecule has 0 bridgehead atoms. The Kier molecular flexibility index (Phi) is 5.70. The molecule has 0 saturated heterocycles. The van der Waals surface area contributed by atoms with Gasteiger partial charge in [-0.3, -0.25) is 9.59 Å². The van der Waals surface area contributed by atoms with Crippen molar-refractivity contribution >= 4 is 21.8 Å². The minimum Gasteiger partial charge on any atom is -0.349 e. The van der Waals surface area contributed by atoms with Crippen LogP contribution >= 0.6 is 0 Å². The fourth-order valence-corrected chi connectivity index (χ4v) is 3.09. The zero-order valence-electron chi connectivity index (χ0n) is 13.1. The number of nitrogens with one attached hydrogen (secondary N) is 2. The van der Waals surface area contributed by atoms with Crippen LogP contribution in [0.2, 0.25) is 0 Å². The van der Waals surface area contributed by atoms with E-state index in [0.29, 0.717) is 5.56 Å². The molecular weight excluding hydrogens is 328 g/mol. The molecule has 0 radical (unpaired) electrons. The predicted molar refractivity (Wildman–Crippen MR) is 89.8 cm³/mol. The van der Waals surface area contributed by atoms with Crippen LogP contribution in [0.5, 0.6) is 0 Å². The fourth-order valence-electron chi connectivity index (χ4n) is 2.08. The topological polar surface area (TPSA) is 92.3 Å². The first-order valence-corrected chi connectivity index (χ1v) is 8.83. The lowest BCUT2D eigenvalue weighted by atomic mass is 10.2. The largest absolute Gasteiger partial charge is 0.349 e. The molecule has 0 aliphatic rings. The van der Waals surface area contributed by atoms with Crippen molar-refractivity contribution in [2.24, 2.45) is 0 Å². The fraction of sp³-hybridized carbons (Fsp3) is 0.176. The second kappa shape index (κ2) is 7.74. The number of hydrogen-bond donors (Lipinski definition) is 2. The van der Waals surface area contributed by atoms with E-state index in [9.17, 15) is 18.0 Å². The molecule has 0 aliphatic heterocycles. The molecule has 0 aliphatic carbocycles. The molecule has 0 spiro atoms. The van der Waals surface area contributed by atoms with Crippen molar-refractivity contribution in [3.05, 3.63) is 66.2 Å². The van der Waals surface area contributed by atoms with Gasteiger partial charge in [-0.15, -0.1) is 0 Å². The monoisotopic (exact) mass is 346 g/mol. The second-order valence-corrected chi connectivity index (χ2v) is 6.97. The van der Waals surface area contributed by atoms with Gasteiger partial charge in [0.2, 0.25) is 5.91 Å². The van der Waals surface area contributed by atoms with Crippen LogP contribution in [-0.4, -0.2) is 26.3 Å². The lowest BCUT2D eigenvalue weighted by molar-refractivity contribution is -0.119. The molecule has 1 unspecified atom stereocenters. The number of amides is 2. The molecule has 1 atom stereocenters. The first kappa shape index (κ1) is 17.7. The Morgan fingerprint density at radius 2 is 1.50 bits per heavy atom. The summed E-state index contributed by atoms with van der Waals surface area (Å²) in [6.45, 7) is 1.63. The third-order valence-corrected chi connectivity index (χ3v) is 4.60. The smallest absolute Gasteiger partial charge is 0.264 e. The lowest BCUT2D eigenvalue weighted by Gasteiger charge is -2.14. The van der Waals surface area contributed by atoms with Crippen molar-refractivity contribution in [2.75, 3.05) is 0 Å². The van der Waals surface area contributed by atoms with Crippen LogP contribution < -0.4 is 10.0 Å². The van der Waals surface area contributed by atoms with Crippen molar-refractivity contribution in [1.29, 1.82) is 0 Å². The third kappa shape index (κ3) is 4.92. The number of benzene rings is 2. The van der Waals surface area contributed by atoms with E-state index in [1.807, 2.05) is 4.72 Å². The molecule has 2 aromatic carbocycles. The molecule has 2 N–H and O–H groups in total. The first-order valence-electron chi connectivity index (χ1n) is 7.35. The zero-order valence-corrected chi connectivity index (χ0v) is 13.9. The Hall–Kier alpha value is -2.67. The van der Waals surface area contributed by atoms with Crippen molar-refractivity contribution in [3.63, 3.8) is 0 Å². The van der Waals surface area contributed by atoms with E-state index in [4.69, 9.17) is 0 Å². The standard InChI is InChI=1S/C17H18N2O4S/c1-13(18-17(21)14-8-4-2-5-9-14)12-16(20)19-24(22,23)15-10-6-3-7-11-15/h2-11,13H,12H2,1H3,(H,18,21)(H,19,20). The molecule has 6 nitrogen and oxygen atoms in total. The molecule has 0 saturated carbocycles. The van der Waals surface area contributed by atoms with E-state index in [0.717, 1.165) is 0 Å². The molecule has 0 aromatic heterocycles. The molecule has 2 amide bonds. The van der Waals surface area contributed by atoms with E-state index in [2.05, 4.69) is 5.32 Å². The normalized spacial score (nSPS) is 12.2. The Morgan fingerprint density at radius 1 is 0.958 bits per heavy atom. The summed E-state index contributed by atoms with van der Waals surface area (Å²) < 4.78 is 26.1. The minimum atomic E-state index is -3.90. The van der Waals surface area contributed by atoms with E-state index in [-0.39, 0.29) is 17.2 Å². The molecule has 24 heavy (non-hydrogen) atoms. The van der Waals surface area contributed by atoms with Gasteiger partial charge in [0.25, 0.3) is 15.9 Å². The summed E-state index contributed by atoms with van der Waals surface area (Å²) in [6.07, 6.45) is -0.148. The summed E-state index contributed by atoms with van der Waals surface area (Å²) >= 11 is 0. The van der Waals surface area contributed by atoms with Crippen molar-refractivity contribution in [2.45, 2.75) is 24.3 Å². The Bertz CT molecular complexity index is 805. The maximum atomic E-state index is 12.0. The Labute approximate surface area is 140 Å². The third-order valence-electron chi connectivity index (χ3n) is 3.21. The highest BCUT2D eigenvalue weighted by Crippen LogP contribution is 2.07. The van der Waals surface area contributed by atoms with Gasteiger partial charge in [-0.2, -0.15) is 0 Å². The van der Waals surface area contributed by atoms with Gasteiger partial charge in [-0.25, -0.2) is 13.1 Å². The molecular formula is C17H18N2O4S. The maximum Gasteiger partial charge on any atom is 0.264 e. The molecule has 126 valence electrons. The van der Waals surface area contributed by atoms with Crippen LogP contribution in [0.1, 0.15) is 23.7 Å². The molecule has 0 fully saturated rings. The summed E-state index contributed by atoms with van der Waals surface area (Å²) in [5.41, 5.74) is 0.474. The molecule has 0 heterocycles. The number of sulfonamides is 1. The quantitative estimate of drug-likeness (QED) is 0.833. The van der Waals surface area contributed by atoms with Crippen molar-refractivity contribution in [3.8, 4) is 0 Å². The van der Waals surface area contributed by atoms with Crippen molar-refractivity contribution < 1.29 is 18.0 Å². The van der Waals surface area contributed by atoms with E-state index in [1.165, 1.54) is 12.1 Å². The molecule has 7 heteroatoms. The summed E-state index contributed by atoms with van der Waals surface area (Å²) in [5.74, 6) is -0.999. The summed E-state index contributed by atoms with van der Waals surface area (Å²) in [6, 6.07) is 15.7. The van der Waals surface area contributed by atoms with Crippen molar-refractivity contribution in [1.82, 2.24) is 10.0 Å². The van der Waals surface area contributed by atoms with Crippen LogP contribution in [0.4, 0.5) is 0 Å². The highest BCUT2D eigenvalue weighted by Gasteiger charge is 2.19. The Morgan fingerprint density at radius 3 is 2.08 bits per heavy atom. The Balaban J connectivity index is 1.91. The second-order valence-electron chi connectivity index (χ2n) is 5.29. The summed E-state index contributed by atoms with van der Waals surface area (Å²) in [7, 11) is -3.90. The number of carbonyl (C=O) groups excluding carboxylic acids is 2. The van der Waals surface area contributed by atoms with Crippen LogP contribution in [-0.2, 0) is 14.8 Å². The average Bonchev–Trinajstić information content (AvgIpc) is 2.55. The van der Waals surface area contributed by atoms with Gasteiger partial charge in [0.05, 0.1) is 4.90 Å². The number of hydrogen-bond acceptors (Lipinski definition) is 4. The maximum absolute atomic E-state index is 12.0. The van der Waals surface area contributed by atoms with Crippen LogP contribution in [0, 0.1) is 0 Å². The average molecular weight is 346 g/mol. The van der Waals surface area contributed by atoms with E-state index >= 15 is 0 Å². The van der Waals surface area contributed by atoms with Gasteiger partial charge in [0, 0.05) is 18.0 Å². The highest BCUT2D eigenvalue weighted by molar-refractivity contribution is 7.90.